The van der Waals surface area contributed by atoms with Crippen molar-refractivity contribution in [3.05, 3.63) is 78.0 Å². The fraction of sp³-hybridized carbons (Fsp3) is 0.455. The van der Waals surface area contributed by atoms with E-state index in [-0.39, 0.29) is 0 Å². The number of unbranched alkanes of at least 4 members (excludes halogenated alkanes) is 14. The van der Waals surface area contributed by atoms with E-state index < -0.39 is 0 Å². The highest BCUT2D eigenvalue weighted by molar-refractivity contribution is 9.11. The minimum absolute atomic E-state index is 1.20. The lowest BCUT2D eigenvalue weighted by atomic mass is 10.1. The molecule has 0 atom stereocenters. The highest BCUT2D eigenvalue weighted by Crippen LogP contribution is 2.50. The van der Waals surface area contributed by atoms with Crippen molar-refractivity contribution in [3.63, 3.8) is 0 Å². The Morgan fingerprint density at radius 3 is 1.12 bits per heavy atom. The van der Waals surface area contributed by atoms with E-state index >= 15 is 0 Å². The maximum Gasteiger partial charge on any atom is 0.0712 e. The largest absolute Gasteiger partial charge is 0.140 e. The number of rotatable bonds is 23. The number of hydrogen-bond donors (Lipinski definition) is 0. The normalized spacial score (nSPS) is 11.7. The molecule has 0 aromatic carbocycles. The fourth-order valence-corrected chi connectivity index (χ4v) is 14.7. The average molecular weight is 933 g/mol. The smallest absolute Gasteiger partial charge is 0.0712 e. The molecule has 8 heteroatoms. The molecule has 52 heavy (non-hydrogen) atoms. The molecular formula is C44H52Br2S6. The van der Waals surface area contributed by atoms with E-state index in [0.29, 0.717) is 0 Å². The summed E-state index contributed by atoms with van der Waals surface area (Å²) >= 11 is 19.2. The predicted octanol–water partition coefficient (Wildman–Crippen LogP) is 19.3. The van der Waals surface area contributed by atoms with E-state index in [9.17, 15) is 0 Å². The summed E-state index contributed by atoms with van der Waals surface area (Å²) in [7, 11) is 0. The number of halogens is 2. The molecule has 6 aromatic rings. The lowest BCUT2D eigenvalue weighted by molar-refractivity contribution is 0.576. The highest BCUT2D eigenvalue weighted by atomic mass is 79.9. The maximum absolute atomic E-state index is 3.83. The average Bonchev–Trinajstić information content (AvgIpc) is 3.99. The van der Waals surface area contributed by atoms with Crippen LogP contribution in [-0.2, 0) is 12.8 Å². The van der Waals surface area contributed by atoms with Gasteiger partial charge in [-0.05, 0) is 118 Å². The summed E-state index contributed by atoms with van der Waals surface area (Å²) in [5.74, 6) is 0. The van der Waals surface area contributed by atoms with E-state index in [1.54, 1.807) is 0 Å². The summed E-state index contributed by atoms with van der Waals surface area (Å²) in [6.45, 7) is 4.59. The first kappa shape index (κ1) is 40.8. The van der Waals surface area contributed by atoms with Crippen molar-refractivity contribution in [3.8, 4) is 50.1 Å². The monoisotopic (exact) mass is 930 g/mol. The van der Waals surface area contributed by atoms with E-state index in [0.717, 1.165) is 0 Å². The van der Waals surface area contributed by atoms with Gasteiger partial charge in [-0.25, -0.2) is 0 Å². The van der Waals surface area contributed by atoms with Crippen molar-refractivity contribution < 1.29 is 0 Å². The van der Waals surface area contributed by atoms with Crippen LogP contribution in [0.15, 0.2) is 68.2 Å². The summed E-state index contributed by atoms with van der Waals surface area (Å²) in [6.07, 6.45) is 24.4. The molecule has 0 aliphatic rings. The zero-order valence-electron chi connectivity index (χ0n) is 30.7. The molecule has 0 nitrogen and oxygen atoms in total. The van der Waals surface area contributed by atoms with E-state index in [1.165, 1.54) is 183 Å². The topological polar surface area (TPSA) is 0 Å². The van der Waals surface area contributed by atoms with Gasteiger partial charge >= 0.3 is 0 Å². The zero-order chi connectivity index (χ0) is 36.1. The van der Waals surface area contributed by atoms with Crippen molar-refractivity contribution in [1.82, 2.24) is 0 Å². The van der Waals surface area contributed by atoms with Gasteiger partial charge < -0.3 is 0 Å². The molecular weight excluding hydrogens is 881 g/mol. The third kappa shape index (κ3) is 11.6. The van der Waals surface area contributed by atoms with Crippen molar-refractivity contribution in [2.24, 2.45) is 0 Å². The van der Waals surface area contributed by atoms with E-state index in [2.05, 4.69) is 106 Å². The molecule has 0 amide bonds. The van der Waals surface area contributed by atoms with Gasteiger partial charge in [0, 0.05) is 50.1 Å². The lowest BCUT2D eigenvalue weighted by Gasteiger charge is -2.01. The van der Waals surface area contributed by atoms with Gasteiger partial charge in [0.15, 0.2) is 0 Å². The third-order valence-electron chi connectivity index (χ3n) is 9.71. The molecule has 0 spiro atoms. The Morgan fingerprint density at radius 1 is 0.365 bits per heavy atom. The van der Waals surface area contributed by atoms with Crippen LogP contribution >= 0.6 is 99.9 Å². The van der Waals surface area contributed by atoms with Crippen LogP contribution in [0.2, 0.25) is 0 Å². The second-order valence-corrected chi connectivity index (χ2v) is 23.3. The first-order chi connectivity index (χ1) is 25.5. The van der Waals surface area contributed by atoms with Gasteiger partial charge in [0.05, 0.1) is 17.3 Å². The zero-order valence-corrected chi connectivity index (χ0v) is 38.8. The van der Waals surface area contributed by atoms with Gasteiger partial charge in [-0.3, -0.25) is 0 Å². The summed E-state index contributed by atoms with van der Waals surface area (Å²) < 4.78 is 2.41. The molecule has 6 rings (SSSR count). The lowest BCUT2D eigenvalue weighted by Crippen LogP contribution is -1.83. The van der Waals surface area contributed by atoms with Crippen LogP contribution in [0.25, 0.3) is 50.1 Å². The minimum Gasteiger partial charge on any atom is -0.140 e. The molecule has 0 fully saturated rings. The van der Waals surface area contributed by atoms with Crippen molar-refractivity contribution in [2.45, 2.75) is 129 Å². The minimum atomic E-state index is 1.20. The Morgan fingerprint density at radius 2 is 0.712 bits per heavy atom. The number of thiophene rings is 6. The maximum atomic E-state index is 3.83. The number of hydrogen-bond acceptors (Lipinski definition) is 6. The van der Waals surface area contributed by atoms with Crippen LogP contribution in [0, 0.1) is 0 Å². The molecule has 0 bridgehead atoms. The molecule has 0 aliphatic carbocycles. The van der Waals surface area contributed by atoms with Crippen molar-refractivity contribution in [2.75, 3.05) is 0 Å². The predicted molar refractivity (Wildman–Crippen MR) is 249 cm³/mol. The van der Waals surface area contributed by atoms with Gasteiger partial charge in [-0.2, -0.15) is 0 Å². The molecule has 0 aliphatic heterocycles. The second kappa shape index (κ2) is 21.5. The van der Waals surface area contributed by atoms with Crippen LogP contribution in [0.3, 0.4) is 0 Å². The van der Waals surface area contributed by atoms with Crippen LogP contribution in [0.4, 0.5) is 0 Å². The Bertz CT molecular complexity index is 1790. The van der Waals surface area contributed by atoms with Gasteiger partial charge in [0.1, 0.15) is 0 Å². The Balaban J connectivity index is 1.07. The van der Waals surface area contributed by atoms with Gasteiger partial charge in [-0.1, -0.05) is 104 Å². The van der Waals surface area contributed by atoms with E-state index in [4.69, 9.17) is 0 Å². The summed E-state index contributed by atoms with van der Waals surface area (Å²) in [4.78, 5) is 14.0. The molecule has 0 unspecified atom stereocenters. The Hall–Kier alpha value is -0.840. The third-order valence-corrected chi connectivity index (χ3v) is 18.1. The molecule has 0 saturated heterocycles. The quantitative estimate of drug-likeness (QED) is 0.0562. The summed E-state index contributed by atoms with van der Waals surface area (Å²) in [5, 5.41) is 0. The van der Waals surface area contributed by atoms with Crippen LogP contribution < -0.4 is 0 Å². The van der Waals surface area contributed by atoms with Crippen LogP contribution in [0.5, 0.6) is 0 Å². The van der Waals surface area contributed by atoms with Gasteiger partial charge in [0.25, 0.3) is 0 Å². The van der Waals surface area contributed by atoms with Crippen molar-refractivity contribution in [1.29, 1.82) is 0 Å². The standard InChI is InChI=1S/C44H52Br2S6/c1-3-5-7-9-11-13-15-17-19-31-21-23-35(47-31)33-29-41(45)51-43(33)39-27-25-37(49-39)38-26-28-40(50-38)44-34(30-42(46)52-44)36-24-22-32(48-36)20-18-16-14-12-10-8-6-4-2/h21-30H,3-20H2,1-2H3. The fourth-order valence-electron chi connectivity index (χ4n) is 6.82. The van der Waals surface area contributed by atoms with E-state index in [1.807, 2.05) is 68.0 Å². The summed E-state index contributed by atoms with van der Waals surface area (Å²) in [5.41, 5.74) is 2.74. The van der Waals surface area contributed by atoms with Crippen LogP contribution in [0.1, 0.15) is 126 Å². The molecule has 0 radical (unpaired) electrons. The second-order valence-electron chi connectivity index (χ2n) is 13.9. The SMILES string of the molecule is CCCCCCCCCCc1ccc(-c2cc(Br)sc2-c2ccc(-c3ccc(-c4sc(Br)cc4-c4ccc(CCCCCCCCCC)s4)s3)s2)s1. The Kier molecular flexibility index (Phi) is 16.8. The van der Waals surface area contributed by atoms with Crippen molar-refractivity contribution >= 4 is 99.9 Å². The van der Waals surface area contributed by atoms with Gasteiger partial charge in [-0.15, -0.1) is 68.0 Å². The summed E-state index contributed by atoms with van der Waals surface area (Å²) in [6, 6.07) is 23.4. The molecule has 0 saturated carbocycles. The molecule has 6 aromatic heterocycles. The highest BCUT2D eigenvalue weighted by Gasteiger charge is 2.19. The molecule has 0 N–H and O–H groups in total. The number of aryl methyl sites for hydroxylation is 2. The molecule has 278 valence electrons. The van der Waals surface area contributed by atoms with Gasteiger partial charge in [0.2, 0.25) is 0 Å². The van der Waals surface area contributed by atoms with Crippen LogP contribution in [-0.4, -0.2) is 0 Å². The Labute approximate surface area is 354 Å². The molecule has 6 heterocycles. The first-order valence-electron chi connectivity index (χ1n) is 19.5. The first-order valence-corrected chi connectivity index (χ1v) is 26.0.